The first-order valence-electron chi connectivity index (χ1n) is 11.7. The number of ether oxygens (including phenoxy) is 1. The molecule has 0 aliphatic heterocycles. The lowest BCUT2D eigenvalue weighted by Crippen LogP contribution is -2.26. The SMILES string of the molecule is Cc1c(C(=O)O)nn(-c2ccc(F)cc2)c1Oc1ccc(NC(=O)CC(C)C)cc1S(=O)(=O)NC1CC1. The van der Waals surface area contributed by atoms with E-state index in [1.165, 1.54) is 54.1 Å². The van der Waals surface area contributed by atoms with Crippen LogP contribution in [-0.2, 0) is 14.8 Å². The Hall–Kier alpha value is -3.77. The van der Waals surface area contributed by atoms with Gasteiger partial charge in [-0.05, 0) is 68.1 Å². The molecule has 1 aliphatic carbocycles. The van der Waals surface area contributed by atoms with Crippen molar-refractivity contribution in [1.29, 1.82) is 0 Å². The first kappa shape index (κ1) is 26.3. The number of amides is 1. The molecule has 3 aromatic rings. The quantitative estimate of drug-likeness (QED) is 0.356. The van der Waals surface area contributed by atoms with E-state index in [9.17, 15) is 27.5 Å². The van der Waals surface area contributed by atoms with Gasteiger partial charge >= 0.3 is 5.97 Å². The number of rotatable bonds is 10. The summed E-state index contributed by atoms with van der Waals surface area (Å²) in [5.41, 5.74) is 0.413. The van der Waals surface area contributed by atoms with Crippen LogP contribution in [0.3, 0.4) is 0 Å². The second-order valence-electron chi connectivity index (χ2n) is 9.28. The molecule has 1 saturated carbocycles. The highest BCUT2D eigenvalue weighted by molar-refractivity contribution is 7.89. The number of aromatic nitrogens is 2. The lowest BCUT2D eigenvalue weighted by Gasteiger charge is -2.16. The first-order chi connectivity index (χ1) is 17.4. The fourth-order valence-corrected chi connectivity index (χ4v) is 5.07. The van der Waals surface area contributed by atoms with Crippen LogP contribution in [0.1, 0.15) is 49.2 Å². The zero-order valence-electron chi connectivity index (χ0n) is 20.5. The Morgan fingerprint density at radius 1 is 1.19 bits per heavy atom. The summed E-state index contributed by atoms with van der Waals surface area (Å²) in [6, 6.07) is 9.12. The number of carbonyl (C=O) groups excluding carboxylic acids is 1. The van der Waals surface area contributed by atoms with Gasteiger partial charge in [-0.3, -0.25) is 4.79 Å². The van der Waals surface area contributed by atoms with Gasteiger partial charge in [0.25, 0.3) is 0 Å². The Kier molecular flexibility index (Phi) is 7.32. The van der Waals surface area contributed by atoms with Crippen molar-refractivity contribution in [2.24, 2.45) is 5.92 Å². The molecule has 0 saturated heterocycles. The molecule has 3 N–H and O–H groups in total. The van der Waals surface area contributed by atoms with Crippen LogP contribution in [-0.4, -0.2) is 41.2 Å². The van der Waals surface area contributed by atoms with Crippen LogP contribution in [0.5, 0.6) is 11.6 Å². The van der Waals surface area contributed by atoms with E-state index in [0.717, 1.165) is 0 Å². The number of carbonyl (C=O) groups is 2. The third-order valence-corrected chi connectivity index (χ3v) is 7.10. The molecule has 0 unspecified atom stereocenters. The number of benzene rings is 2. The topological polar surface area (TPSA) is 140 Å². The summed E-state index contributed by atoms with van der Waals surface area (Å²) < 4.78 is 49.7. The van der Waals surface area contributed by atoms with Crippen molar-refractivity contribution in [3.63, 3.8) is 0 Å². The minimum atomic E-state index is -4.06. The lowest BCUT2D eigenvalue weighted by molar-refractivity contribution is -0.116. The number of nitrogens with one attached hydrogen (secondary N) is 2. The number of carboxylic acid groups (broad SMARTS) is 1. The van der Waals surface area contributed by atoms with Crippen LogP contribution in [0.15, 0.2) is 47.4 Å². The summed E-state index contributed by atoms with van der Waals surface area (Å²) in [5, 5.41) is 16.4. The van der Waals surface area contributed by atoms with Gasteiger partial charge in [-0.15, -0.1) is 0 Å². The third kappa shape index (κ3) is 6.15. The smallest absolute Gasteiger partial charge is 0.356 e. The van der Waals surface area contributed by atoms with Gasteiger partial charge in [0.2, 0.25) is 21.8 Å². The molecule has 1 fully saturated rings. The molecule has 1 aromatic heterocycles. The summed E-state index contributed by atoms with van der Waals surface area (Å²) in [4.78, 5) is 23.8. The van der Waals surface area contributed by atoms with E-state index in [1.54, 1.807) is 0 Å². The van der Waals surface area contributed by atoms with Gasteiger partial charge in [0.05, 0.1) is 5.69 Å². The third-order valence-electron chi connectivity index (χ3n) is 5.56. The van der Waals surface area contributed by atoms with Crippen molar-refractivity contribution in [1.82, 2.24) is 14.5 Å². The largest absolute Gasteiger partial charge is 0.476 e. The van der Waals surface area contributed by atoms with Crippen molar-refractivity contribution in [2.45, 2.75) is 51.0 Å². The molecule has 0 radical (unpaired) electrons. The zero-order valence-corrected chi connectivity index (χ0v) is 21.3. The van der Waals surface area contributed by atoms with E-state index in [2.05, 4.69) is 15.1 Å². The molecule has 0 bridgehead atoms. The first-order valence-corrected chi connectivity index (χ1v) is 13.2. The van der Waals surface area contributed by atoms with E-state index in [0.29, 0.717) is 18.5 Å². The van der Waals surface area contributed by atoms with E-state index in [1.807, 2.05) is 13.8 Å². The second-order valence-corrected chi connectivity index (χ2v) is 11.0. The Labute approximate surface area is 213 Å². The second kappa shape index (κ2) is 10.3. The summed E-state index contributed by atoms with van der Waals surface area (Å²) in [5.74, 6) is -2.11. The minimum Gasteiger partial charge on any atom is -0.476 e. The number of aromatic carboxylic acids is 1. The van der Waals surface area contributed by atoms with Crippen LogP contribution < -0.4 is 14.8 Å². The van der Waals surface area contributed by atoms with Crippen LogP contribution in [0, 0.1) is 18.7 Å². The van der Waals surface area contributed by atoms with Crippen LogP contribution in [0.2, 0.25) is 0 Å². The van der Waals surface area contributed by atoms with Gasteiger partial charge < -0.3 is 15.2 Å². The molecule has 10 nitrogen and oxygen atoms in total. The Morgan fingerprint density at radius 3 is 2.46 bits per heavy atom. The van der Waals surface area contributed by atoms with Gasteiger partial charge in [0, 0.05) is 23.7 Å². The number of hydrogen-bond acceptors (Lipinski definition) is 6. The predicted octanol–water partition coefficient (Wildman–Crippen LogP) is 4.24. The Balaban J connectivity index is 1.79. The predicted molar refractivity (Wildman–Crippen MR) is 133 cm³/mol. The monoisotopic (exact) mass is 530 g/mol. The van der Waals surface area contributed by atoms with Crippen molar-refractivity contribution in [3.8, 4) is 17.3 Å². The van der Waals surface area contributed by atoms with Crippen LogP contribution in [0.4, 0.5) is 10.1 Å². The average molecular weight is 531 g/mol. The summed E-state index contributed by atoms with van der Waals surface area (Å²) in [7, 11) is -4.06. The highest BCUT2D eigenvalue weighted by Crippen LogP contribution is 2.36. The van der Waals surface area contributed by atoms with Gasteiger partial charge in [0.1, 0.15) is 16.5 Å². The molecule has 37 heavy (non-hydrogen) atoms. The Morgan fingerprint density at radius 2 is 1.86 bits per heavy atom. The molecule has 0 atom stereocenters. The molecular weight excluding hydrogens is 503 g/mol. The summed E-state index contributed by atoms with van der Waals surface area (Å²) in [6.07, 6.45) is 1.67. The van der Waals surface area contributed by atoms with Crippen molar-refractivity contribution in [3.05, 3.63) is 59.5 Å². The van der Waals surface area contributed by atoms with Crippen LogP contribution in [0.25, 0.3) is 5.69 Å². The van der Waals surface area contributed by atoms with E-state index in [-0.39, 0.29) is 57.8 Å². The number of hydrogen-bond donors (Lipinski definition) is 3. The maximum absolute atomic E-state index is 13.5. The van der Waals surface area contributed by atoms with Gasteiger partial charge in [-0.25, -0.2) is 22.3 Å². The van der Waals surface area contributed by atoms with Crippen molar-refractivity contribution in [2.75, 3.05) is 5.32 Å². The number of anilines is 1. The summed E-state index contributed by atoms with van der Waals surface area (Å²) >= 11 is 0. The zero-order chi connectivity index (χ0) is 26.9. The van der Waals surface area contributed by atoms with Gasteiger partial charge in [0.15, 0.2) is 5.69 Å². The van der Waals surface area contributed by atoms with E-state index in [4.69, 9.17) is 4.74 Å². The molecule has 4 rings (SSSR count). The van der Waals surface area contributed by atoms with Crippen molar-refractivity contribution >= 4 is 27.6 Å². The molecule has 1 aliphatic rings. The minimum absolute atomic E-state index is 0.0523. The highest BCUT2D eigenvalue weighted by Gasteiger charge is 2.31. The molecule has 2 aromatic carbocycles. The average Bonchev–Trinajstić information content (AvgIpc) is 3.56. The normalized spacial score (nSPS) is 13.5. The molecule has 12 heteroatoms. The standard InChI is InChI=1S/C25H27FN4O6S/c1-14(2)12-22(31)27-18-8-11-20(21(13-18)37(34,35)29-17-6-7-17)36-24-15(3)23(25(32)33)28-30(24)19-9-4-16(26)5-10-19/h4-5,8-11,13-14,17,29H,6-7,12H2,1-3H3,(H,27,31)(H,32,33). The van der Waals surface area contributed by atoms with Crippen LogP contribution >= 0.6 is 0 Å². The number of sulfonamides is 1. The van der Waals surface area contributed by atoms with E-state index < -0.39 is 21.8 Å². The van der Waals surface area contributed by atoms with Gasteiger partial charge in [-0.1, -0.05) is 13.8 Å². The number of halogens is 1. The molecule has 196 valence electrons. The molecule has 1 amide bonds. The lowest BCUT2D eigenvalue weighted by atomic mass is 10.1. The molecule has 0 spiro atoms. The Bertz CT molecular complexity index is 1450. The summed E-state index contributed by atoms with van der Waals surface area (Å²) in [6.45, 7) is 5.26. The van der Waals surface area contributed by atoms with E-state index >= 15 is 0 Å². The molecular formula is C25H27FN4O6S. The van der Waals surface area contributed by atoms with Gasteiger partial charge in [-0.2, -0.15) is 9.78 Å². The number of carboxylic acids is 1. The fourth-order valence-electron chi connectivity index (χ4n) is 3.61. The highest BCUT2D eigenvalue weighted by atomic mass is 32.2. The molecule has 1 heterocycles. The van der Waals surface area contributed by atoms with Crippen molar-refractivity contribution < 1.29 is 32.2 Å². The fraction of sp³-hybridized carbons (Fsp3) is 0.320. The maximum Gasteiger partial charge on any atom is 0.356 e. The number of nitrogens with zero attached hydrogens (tertiary/aromatic N) is 2. The maximum atomic E-state index is 13.5.